The van der Waals surface area contributed by atoms with Crippen molar-refractivity contribution in [1.82, 2.24) is 16.0 Å². The van der Waals surface area contributed by atoms with E-state index in [1.165, 1.54) is 19.1 Å². The van der Waals surface area contributed by atoms with Crippen molar-refractivity contribution in [3.8, 4) is 5.75 Å². The molecule has 3 amide bonds. The summed E-state index contributed by atoms with van der Waals surface area (Å²) in [5, 5.41) is 34.9. The average molecular weight is 453 g/mol. The second-order valence-electron chi connectivity index (χ2n) is 7.98. The van der Waals surface area contributed by atoms with Crippen molar-refractivity contribution in [2.75, 3.05) is 6.61 Å². The Balaban J connectivity index is 2.98. The number of nitrogens with one attached hydrogen (secondary N) is 3. The smallest absolute Gasteiger partial charge is 0.325 e. The zero-order chi connectivity index (χ0) is 24.4. The molecule has 4 unspecified atom stereocenters. The molecule has 0 spiro atoms. The van der Waals surface area contributed by atoms with Gasteiger partial charge in [0.05, 0.1) is 12.6 Å². The number of nitrogens with two attached hydrogens (primary N) is 1. The maximum absolute atomic E-state index is 12.9. The van der Waals surface area contributed by atoms with Gasteiger partial charge in [-0.3, -0.25) is 19.2 Å². The Morgan fingerprint density at radius 3 is 1.94 bits per heavy atom. The molecule has 8 N–H and O–H groups in total. The summed E-state index contributed by atoms with van der Waals surface area (Å²) >= 11 is 0. The number of phenolic OH excluding ortho intramolecular Hbond substituents is 1. The number of hydrogen-bond acceptors (Lipinski definition) is 7. The molecule has 11 heteroatoms. The van der Waals surface area contributed by atoms with E-state index in [1.54, 1.807) is 12.1 Å². The van der Waals surface area contributed by atoms with Crippen molar-refractivity contribution in [3.63, 3.8) is 0 Å². The van der Waals surface area contributed by atoms with E-state index in [9.17, 15) is 29.4 Å². The van der Waals surface area contributed by atoms with Crippen LogP contribution in [0.3, 0.4) is 0 Å². The molecule has 0 aliphatic heterocycles. The number of carbonyl (C=O) groups excluding carboxylic acids is 3. The van der Waals surface area contributed by atoms with Gasteiger partial charge in [0.25, 0.3) is 0 Å². The number of carboxylic acid groups (broad SMARTS) is 1. The molecule has 0 aliphatic carbocycles. The summed E-state index contributed by atoms with van der Waals surface area (Å²) in [7, 11) is 0. The Morgan fingerprint density at radius 1 is 0.906 bits per heavy atom. The third kappa shape index (κ3) is 8.90. The summed E-state index contributed by atoms with van der Waals surface area (Å²) in [6.45, 7) is 4.25. The molecule has 0 saturated heterocycles. The molecular formula is C21H32N4O7. The topological polar surface area (TPSA) is 191 Å². The Hall–Kier alpha value is -3.18. The number of rotatable bonds is 12. The lowest BCUT2D eigenvalue weighted by molar-refractivity contribution is -0.142. The number of phenols is 1. The molecule has 0 bridgehead atoms. The minimum absolute atomic E-state index is 0.0253. The van der Waals surface area contributed by atoms with E-state index in [2.05, 4.69) is 16.0 Å². The normalized spacial score (nSPS) is 14.7. The largest absolute Gasteiger partial charge is 0.508 e. The van der Waals surface area contributed by atoms with Crippen molar-refractivity contribution in [2.45, 2.75) is 57.8 Å². The number of aliphatic hydroxyl groups is 1. The first-order valence-corrected chi connectivity index (χ1v) is 10.2. The van der Waals surface area contributed by atoms with Crippen molar-refractivity contribution in [1.29, 1.82) is 0 Å². The van der Waals surface area contributed by atoms with E-state index in [4.69, 9.17) is 10.8 Å². The SMILES string of the molecule is CC(C)CC(N)C(=O)NC(Cc1ccc(O)cc1)C(=O)NC(CO)C(=O)NC(C)C(=O)O. The summed E-state index contributed by atoms with van der Waals surface area (Å²) in [5.41, 5.74) is 6.52. The maximum atomic E-state index is 12.9. The van der Waals surface area contributed by atoms with Crippen LogP contribution in [-0.4, -0.2) is 69.8 Å². The molecule has 4 atom stereocenters. The lowest BCUT2D eigenvalue weighted by Gasteiger charge is -2.24. The van der Waals surface area contributed by atoms with E-state index >= 15 is 0 Å². The molecule has 0 radical (unpaired) electrons. The Kier molecular flexibility index (Phi) is 10.6. The van der Waals surface area contributed by atoms with Crippen molar-refractivity contribution < 1.29 is 34.5 Å². The van der Waals surface area contributed by atoms with Crippen LogP contribution in [0.25, 0.3) is 0 Å². The number of hydrogen-bond donors (Lipinski definition) is 7. The first kappa shape index (κ1) is 26.9. The third-order valence-electron chi connectivity index (χ3n) is 4.62. The molecule has 1 aromatic carbocycles. The lowest BCUT2D eigenvalue weighted by Crippen LogP contribution is -2.58. The highest BCUT2D eigenvalue weighted by Gasteiger charge is 2.29. The molecule has 0 aliphatic rings. The highest BCUT2D eigenvalue weighted by molar-refractivity contribution is 5.94. The molecule has 0 saturated carbocycles. The lowest BCUT2D eigenvalue weighted by atomic mass is 10.0. The van der Waals surface area contributed by atoms with E-state index in [-0.39, 0.29) is 18.1 Å². The van der Waals surface area contributed by atoms with Crippen LogP contribution in [-0.2, 0) is 25.6 Å². The van der Waals surface area contributed by atoms with Gasteiger partial charge in [-0.2, -0.15) is 0 Å². The fourth-order valence-corrected chi connectivity index (χ4v) is 2.81. The van der Waals surface area contributed by atoms with Crippen LogP contribution in [0.1, 0.15) is 32.8 Å². The van der Waals surface area contributed by atoms with Crippen LogP contribution < -0.4 is 21.7 Å². The van der Waals surface area contributed by atoms with Gasteiger partial charge in [-0.25, -0.2) is 0 Å². The number of amides is 3. The highest BCUT2D eigenvalue weighted by Crippen LogP contribution is 2.12. The zero-order valence-electron chi connectivity index (χ0n) is 18.4. The van der Waals surface area contributed by atoms with Gasteiger partial charge < -0.3 is 37.0 Å². The van der Waals surface area contributed by atoms with Crippen LogP contribution >= 0.6 is 0 Å². The summed E-state index contributed by atoms with van der Waals surface area (Å²) in [6.07, 6.45) is 0.422. The Bertz CT molecular complexity index is 798. The number of carbonyl (C=O) groups is 4. The number of carboxylic acids is 1. The van der Waals surface area contributed by atoms with Crippen molar-refractivity contribution >= 4 is 23.7 Å². The van der Waals surface area contributed by atoms with E-state index in [0.717, 1.165) is 0 Å². The quantitative estimate of drug-likeness (QED) is 0.207. The molecule has 1 rings (SSSR count). The minimum Gasteiger partial charge on any atom is -0.508 e. The first-order chi connectivity index (χ1) is 14.9. The summed E-state index contributed by atoms with van der Waals surface area (Å²) in [5.74, 6) is -3.30. The van der Waals surface area contributed by atoms with Gasteiger partial charge in [0.2, 0.25) is 17.7 Å². The third-order valence-corrected chi connectivity index (χ3v) is 4.62. The van der Waals surface area contributed by atoms with Gasteiger partial charge in [0.15, 0.2) is 0 Å². The van der Waals surface area contributed by atoms with E-state index in [1.807, 2.05) is 13.8 Å². The number of aliphatic hydroxyl groups excluding tert-OH is 1. The monoisotopic (exact) mass is 452 g/mol. The van der Waals surface area contributed by atoms with Gasteiger partial charge in [0.1, 0.15) is 23.9 Å². The number of aromatic hydroxyl groups is 1. The second kappa shape index (κ2) is 12.6. The maximum Gasteiger partial charge on any atom is 0.325 e. The van der Waals surface area contributed by atoms with Crippen LogP contribution in [0.4, 0.5) is 0 Å². The predicted molar refractivity (Wildman–Crippen MR) is 115 cm³/mol. The molecule has 0 aromatic heterocycles. The van der Waals surface area contributed by atoms with Crippen LogP contribution in [0.5, 0.6) is 5.75 Å². The van der Waals surface area contributed by atoms with E-state index in [0.29, 0.717) is 12.0 Å². The molecule has 178 valence electrons. The van der Waals surface area contributed by atoms with Crippen LogP contribution in [0.2, 0.25) is 0 Å². The molecule has 32 heavy (non-hydrogen) atoms. The summed E-state index contributed by atoms with van der Waals surface area (Å²) in [6, 6.07) is 1.36. The fourth-order valence-electron chi connectivity index (χ4n) is 2.81. The standard InChI is InChI=1S/C21H32N4O7/c1-11(2)8-15(22)18(28)24-16(9-13-4-6-14(27)7-5-13)19(29)25-17(10-26)20(30)23-12(3)21(31)32/h4-7,11-12,15-17,26-27H,8-10,22H2,1-3H3,(H,23,30)(H,24,28)(H,25,29)(H,31,32). The van der Waals surface area contributed by atoms with Gasteiger partial charge in [0, 0.05) is 6.42 Å². The fraction of sp³-hybridized carbons (Fsp3) is 0.524. The highest BCUT2D eigenvalue weighted by atomic mass is 16.4. The van der Waals surface area contributed by atoms with Crippen molar-refractivity contribution in [2.24, 2.45) is 11.7 Å². The van der Waals surface area contributed by atoms with Gasteiger partial charge in [-0.1, -0.05) is 26.0 Å². The summed E-state index contributed by atoms with van der Waals surface area (Å²) in [4.78, 5) is 48.5. The molecule has 11 nitrogen and oxygen atoms in total. The van der Waals surface area contributed by atoms with Crippen LogP contribution in [0, 0.1) is 5.92 Å². The zero-order valence-corrected chi connectivity index (χ0v) is 18.4. The summed E-state index contributed by atoms with van der Waals surface area (Å²) < 4.78 is 0. The minimum atomic E-state index is -1.42. The number of aliphatic carboxylic acids is 1. The molecule has 0 fully saturated rings. The van der Waals surface area contributed by atoms with Gasteiger partial charge >= 0.3 is 5.97 Å². The molecule has 1 aromatic rings. The first-order valence-electron chi connectivity index (χ1n) is 10.2. The Labute approximate surface area is 186 Å². The average Bonchev–Trinajstić information content (AvgIpc) is 2.71. The number of benzene rings is 1. The predicted octanol–water partition coefficient (Wildman–Crippen LogP) is -1.14. The van der Waals surface area contributed by atoms with E-state index < -0.39 is 54.5 Å². The van der Waals surface area contributed by atoms with Gasteiger partial charge in [-0.15, -0.1) is 0 Å². The van der Waals surface area contributed by atoms with Gasteiger partial charge in [-0.05, 0) is 37.0 Å². The second-order valence-corrected chi connectivity index (χ2v) is 7.98. The Morgan fingerprint density at radius 2 is 1.44 bits per heavy atom. The van der Waals surface area contributed by atoms with Crippen molar-refractivity contribution in [3.05, 3.63) is 29.8 Å². The molecular weight excluding hydrogens is 420 g/mol. The van der Waals surface area contributed by atoms with Crippen LogP contribution in [0.15, 0.2) is 24.3 Å². The molecule has 0 heterocycles.